The molecule has 0 saturated heterocycles. The second-order valence-electron chi connectivity index (χ2n) is 6.94. The summed E-state index contributed by atoms with van der Waals surface area (Å²) >= 11 is 6.00. The first-order valence-electron chi connectivity index (χ1n) is 8.75. The summed E-state index contributed by atoms with van der Waals surface area (Å²) < 4.78 is 27.8. The molecule has 2 N–H and O–H groups in total. The Morgan fingerprint density at radius 1 is 1.04 bits per heavy atom. The molecule has 0 aliphatic rings. The van der Waals surface area contributed by atoms with Crippen LogP contribution in [-0.4, -0.2) is 20.4 Å². The van der Waals surface area contributed by atoms with E-state index in [2.05, 4.69) is 10.0 Å². The van der Waals surface area contributed by atoms with Crippen LogP contribution in [-0.2, 0) is 14.8 Å². The molecule has 0 saturated carbocycles. The van der Waals surface area contributed by atoms with Crippen molar-refractivity contribution < 1.29 is 13.2 Å². The molecule has 5 nitrogen and oxygen atoms in total. The molecule has 7 heteroatoms. The molecule has 2 rings (SSSR count). The van der Waals surface area contributed by atoms with Gasteiger partial charge < -0.3 is 5.32 Å². The van der Waals surface area contributed by atoms with E-state index in [9.17, 15) is 13.2 Å². The standard InChI is InChI=1S/C20H25ClN2O3S/c1-13(2)19(23-27(25,26)18-10-8-14(3)9-11-18)20(24)22-15(4)16-6-5-7-17(21)12-16/h5-13,15,19,23H,1-4H3,(H,22,24)/t15-,19-/m0/s1. The lowest BCUT2D eigenvalue weighted by atomic mass is 10.0. The zero-order chi connectivity index (χ0) is 20.2. The second-order valence-corrected chi connectivity index (χ2v) is 9.09. The summed E-state index contributed by atoms with van der Waals surface area (Å²) in [6, 6.07) is 12.5. The molecule has 0 spiro atoms. The van der Waals surface area contributed by atoms with Crippen LogP contribution in [0.25, 0.3) is 0 Å². The molecule has 0 unspecified atom stereocenters. The normalized spacial score (nSPS) is 14.0. The lowest BCUT2D eigenvalue weighted by Crippen LogP contribution is -2.50. The van der Waals surface area contributed by atoms with Gasteiger partial charge in [-0.3, -0.25) is 4.79 Å². The van der Waals surface area contributed by atoms with Gasteiger partial charge in [0.2, 0.25) is 15.9 Å². The number of amides is 1. The minimum atomic E-state index is -3.81. The fourth-order valence-electron chi connectivity index (χ4n) is 2.61. The van der Waals surface area contributed by atoms with Gasteiger partial charge in [-0.05, 0) is 49.6 Å². The van der Waals surface area contributed by atoms with Crippen molar-refractivity contribution in [2.45, 2.75) is 44.7 Å². The molecule has 0 heterocycles. The van der Waals surface area contributed by atoms with Crippen LogP contribution in [0.3, 0.4) is 0 Å². The van der Waals surface area contributed by atoms with Gasteiger partial charge in [0.15, 0.2) is 0 Å². The highest BCUT2D eigenvalue weighted by molar-refractivity contribution is 7.89. The fourth-order valence-corrected chi connectivity index (χ4v) is 4.15. The number of hydrogen-bond acceptors (Lipinski definition) is 3. The zero-order valence-corrected chi connectivity index (χ0v) is 17.4. The number of sulfonamides is 1. The van der Waals surface area contributed by atoms with Crippen LogP contribution in [0.4, 0.5) is 0 Å². The minimum Gasteiger partial charge on any atom is -0.348 e. The van der Waals surface area contributed by atoms with Gasteiger partial charge in [-0.15, -0.1) is 0 Å². The van der Waals surface area contributed by atoms with Crippen molar-refractivity contribution >= 4 is 27.5 Å². The molecular weight excluding hydrogens is 384 g/mol. The maximum Gasteiger partial charge on any atom is 0.241 e. The van der Waals surface area contributed by atoms with Crippen molar-refractivity contribution in [2.75, 3.05) is 0 Å². The van der Waals surface area contributed by atoms with Crippen LogP contribution in [0.2, 0.25) is 5.02 Å². The Balaban J connectivity index is 2.16. The molecule has 0 bridgehead atoms. The van der Waals surface area contributed by atoms with Crippen molar-refractivity contribution in [1.82, 2.24) is 10.0 Å². The molecule has 0 aromatic heterocycles. The molecule has 2 aromatic rings. The van der Waals surface area contributed by atoms with Crippen LogP contribution in [0.1, 0.15) is 37.9 Å². The van der Waals surface area contributed by atoms with Crippen LogP contribution in [0, 0.1) is 12.8 Å². The van der Waals surface area contributed by atoms with Crippen molar-refractivity contribution in [3.8, 4) is 0 Å². The monoisotopic (exact) mass is 408 g/mol. The Labute approximate surface area is 166 Å². The molecule has 2 aromatic carbocycles. The van der Waals surface area contributed by atoms with Gasteiger partial charge in [0.1, 0.15) is 6.04 Å². The van der Waals surface area contributed by atoms with E-state index in [1.54, 1.807) is 44.2 Å². The second kappa shape index (κ2) is 8.87. The predicted molar refractivity (Wildman–Crippen MR) is 108 cm³/mol. The lowest BCUT2D eigenvalue weighted by Gasteiger charge is -2.24. The summed E-state index contributed by atoms with van der Waals surface area (Å²) in [5.41, 5.74) is 1.81. The number of aryl methyl sites for hydroxylation is 1. The molecule has 146 valence electrons. The van der Waals surface area contributed by atoms with Crippen LogP contribution >= 0.6 is 11.6 Å². The van der Waals surface area contributed by atoms with Crippen molar-refractivity contribution in [2.24, 2.45) is 5.92 Å². The Bertz CT molecular complexity index is 896. The van der Waals surface area contributed by atoms with Gasteiger partial charge in [0.25, 0.3) is 0 Å². The summed E-state index contributed by atoms with van der Waals surface area (Å²) in [4.78, 5) is 12.9. The molecule has 0 aliphatic carbocycles. The van der Waals surface area contributed by atoms with Crippen molar-refractivity contribution in [3.63, 3.8) is 0 Å². The lowest BCUT2D eigenvalue weighted by molar-refractivity contribution is -0.124. The number of benzene rings is 2. The van der Waals surface area contributed by atoms with E-state index < -0.39 is 16.1 Å². The Hall–Kier alpha value is -1.89. The van der Waals surface area contributed by atoms with E-state index in [4.69, 9.17) is 11.6 Å². The molecule has 0 radical (unpaired) electrons. The first-order chi connectivity index (χ1) is 12.6. The van der Waals surface area contributed by atoms with Gasteiger partial charge >= 0.3 is 0 Å². The van der Waals surface area contributed by atoms with Crippen molar-refractivity contribution in [1.29, 1.82) is 0 Å². The molecule has 27 heavy (non-hydrogen) atoms. The van der Waals surface area contributed by atoms with Gasteiger partial charge in [-0.1, -0.05) is 55.3 Å². The molecule has 1 amide bonds. The molecule has 0 aliphatic heterocycles. The number of rotatable bonds is 7. The SMILES string of the molecule is Cc1ccc(S(=O)(=O)N[C@H](C(=O)N[C@@H](C)c2cccc(Cl)c2)C(C)C)cc1. The van der Waals surface area contributed by atoms with Crippen LogP contribution in [0.15, 0.2) is 53.4 Å². The number of nitrogens with one attached hydrogen (secondary N) is 2. The van der Waals surface area contributed by atoms with E-state index in [1.165, 1.54) is 12.1 Å². The van der Waals surface area contributed by atoms with Crippen molar-refractivity contribution in [3.05, 3.63) is 64.7 Å². The highest BCUT2D eigenvalue weighted by atomic mass is 35.5. The van der Waals surface area contributed by atoms with Gasteiger partial charge in [-0.2, -0.15) is 4.72 Å². The zero-order valence-electron chi connectivity index (χ0n) is 15.9. The predicted octanol–water partition coefficient (Wildman–Crippen LogP) is 3.83. The summed E-state index contributed by atoms with van der Waals surface area (Å²) in [5, 5.41) is 3.44. The maximum absolute atomic E-state index is 12.7. The van der Waals surface area contributed by atoms with E-state index in [1.807, 2.05) is 19.9 Å². The highest BCUT2D eigenvalue weighted by Crippen LogP contribution is 2.18. The van der Waals surface area contributed by atoms with E-state index in [-0.39, 0.29) is 22.8 Å². The number of carbonyl (C=O) groups excluding carboxylic acids is 1. The Kier molecular flexibility index (Phi) is 7.03. The van der Waals surface area contributed by atoms with Crippen LogP contribution < -0.4 is 10.0 Å². The third-order valence-corrected chi connectivity index (χ3v) is 5.96. The summed E-state index contributed by atoms with van der Waals surface area (Å²) in [6.07, 6.45) is 0. The van der Waals surface area contributed by atoms with E-state index in [0.717, 1.165) is 11.1 Å². The number of carbonyl (C=O) groups is 1. The highest BCUT2D eigenvalue weighted by Gasteiger charge is 2.29. The molecular formula is C20H25ClN2O3S. The number of hydrogen-bond donors (Lipinski definition) is 2. The van der Waals surface area contributed by atoms with E-state index in [0.29, 0.717) is 5.02 Å². The Morgan fingerprint density at radius 3 is 2.22 bits per heavy atom. The smallest absolute Gasteiger partial charge is 0.241 e. The summed E-state index contributed by atoms with van der Waals surface area (Å²) in [5.74, 6) is -0.607. The third-order valence-electron chi connectivity index (χ3n) is 4.27. The average Bonchev–Trinajstić information content (AvgIpc) is 2.59. The van der Waals surface area contributed by atoms with E-state index >= 15 is 0 Å². The fraction of sp³-hybridized carbons (Fsp3) is 0.350. The van der Waals surface area contributed by atoms with Gasteiger partial charge in [-0.25, -0.2) is 8.42 Å². The first-order valence-corrected chi connectivity index (χ1v) is 10.6. The van der Waals surface area contributed by atoms with Crippen LogP contribution in [0.5, 0.6) is 0 Å². The third kappa shape index (κ3) is 5.79. The summed E-state index contributed by atoms with van der Waals surface area (Å²) in [7, 11) is -3.81. The molecule has 2 atom stereocenters. The average molecular weight is 409 g/mol. The first kappa shape index (κ1) is 21.4. The largest absolute Gasteiger partial charge is 0.348 e. The maximum atomic E-state index is 12.7. The Morgan fingerprint density at radius 2 is 1.67 bits per heavy atom. The van der Waals surface area contributed by atoms with Gasteiger partial charge in [0, 0.05) is 5.02 Å². The quantitative estimate of drug-likeness (QED) is 0.731. The topological polar surface area (TPSA) is 75.3 Å². The summed E-state index contributed by atoms with van der Waals surface area (Å²) in [6.45, 7) is 7.30. The van der Waals surface area contributed by atoms with Gasteiger partial charge in [0.05, 0.1) is 10.9 Å². The number of halogens is 1. The minimum absolute atomic E-state index is 0.134. The molecule has 0 fully saturated rings.